The van der Waals surface area contributed by atoms with Crippen LogP contribution in [-0.2, 0) is 24.4 Å². The second-order valence-electron chi connectivity index (χ2n) is 9.19. The summed E-state index contributed by atoms with van der Waals surface area (Å²) in [5, 5.41) is 2.68. The molecule has 0 aromatic heterocycles. The molecule has 2 saturated heterocycles. The molecule has 1 spiro atoms. The highest BCUT2D eigenvalue weighted by molar-refractivity contribution is 7.89. The van der Waals surface area contributed by atoms with Crippen molar-refractivity contribution in [1.82, 2.24) is 9.21 Å². The molecule has 2 heterocycles. The molecule has 32 heavy (non-hydrogen) atoms. The summed E-state index contributed by atoms with van der Waals surface area (Å²) >= 11 is 0. The van der Waals surface area contributed by atoms with Gasteiger partial charge in [-0.05, 0) is 49.9 Å². The first kappa shape index (κ1) is 22.9. The van der Waals surface area contributed by atoms with Crippen LogP contribution in [0.2, 0.25) is 0 Å². The lowest BCUT2D eigenvalue weighted by Crippen LogP contribution is -2.41. The molecule has 0 radical (unpaired) electrons. The Morgan fingerprint density at radius 3 is 2.12 bits per heavy atom. The molecule has 8 nitrogen and oxygen atoms in total. The van der Waals surface area contributed by atoms with Gasteiger partial charge in [-0.2, -0.15) is 4.31 Å². The van der Waals surface area contributed by atoms with Crippen LogP contribution in [0.25, 0.3) is 0 Å². The van der Waals surface area contributed by atoms with Crippen LogP contribution < -0.4 is 5.32 Å². The molecule has 174 valence electrons. The van der Waals surface area contributed by atoms with Gasteiger partial charge in [0, 0.05) is 25.2 Å². The summed E-state index contributed by atoms with van der Waals surface area (Å²) in [5.41, 5.74) is -0.185. The number of carbonyl (C=O) groups is 3. The van der Waals surface area contributed by atoms with Gasteiger partial charge in [-0.3, -0.25) is 19.3 Å². The first-order valence-corrected chi connectivity index (χ1v) is 13.0. The van der Waals surface area contributed by atoms with Gasteiger partial charge in [0.15, 0.2) is 0 Å². The lowest BCUT2D eigenvalue weighted by Gasteiger charge is -2.30. The van der Waals surface area contributed by atoms with E-state index in [1.807, 2.05) is 0 Å². The fraction of sp³-hybridized carbons (Fsp3) is 0.609. The van der Waals surface area contributed by atoms with E-state index in [1.165, 1.54) is 16.4 Å². The highest BCUT2D eigenvalue weighted by Gasteiger charge is 2.51. The van der Waals surface area contributed by atoms with Crippen LogP contribution in [0.4, 0.5) is 5.69 Å². The molecular weight excluding hydrogens is 430 g/mol. The maximum atomic E-state index is 12.9. The van der Waals surface area contributed by atoms with Gasteiger partial charge in [0.05, 0.1) is 10.3 Å². The zero-order valence-electron chi connectivity index (χ0n) is 18.3. The third-order valence-corrected chi connectivity index (χ3v) is 8.86. The summed E-state index contributed by atoms with van der Waals surface area (Å²) in [6, 6.07) is 6.05. The van der Waals surface area contributed by atoms with Crippen molar-refractivity contribution in [2.75, 3.05) is 25.0 Å². The van der Waals surface area contributed by atoms with Crippen molar-refractivity contribution in [3.05, 3.63) is 24.3 Å². The topological polar surface area (TPSA) is 104 Å². The zero-order chi connectivity index (χ0) is 22.8. The Morgan fingerprint density at radius 1 is 0.906 bits per heavy atom. The van der Waals surface area contributed by atoms with E-state index in [1.54, 1.807) is 12.1 Å². The third-order valence-electron chi connectivity index (χ3n) is 6.94. The first-order chi connectivity index (χ1) is 15.3. The highest BCUT2D eigenvalue weighted by atomic mass is 32.2. The Balaban J connectivity index is 1.38. The summed E-state index contributed by atoms with van der Waals surface area (Å²) in [4.78, 5) is 39.1. The summed E-state index contributed by atoms with van der Waals surface area (Å²) in [5.74, 6) is -0.982. The predicted octanol–water partition coefficient (Wildman–Crippen LogP) is 2.90. The van der Waals surface area contributed by atoms with Crippen molar-refractivity contribution in [3.8, 4) is 0 Å². The van der Waals surface area contributed by atoms with Crippen LogP contribution in [0.1, 0.15) is 64.2 Å². The fourth-order valence-corrected chi connectivity index (χ4v) is 6.64. The number of hydrogen-bond donors (Lipinski definition) is 1. The minimum Gasteiger partial charge on any atom is -0.325 e. The van der Waals surface area contributed by atoms with Crippen molar-refractivity contribution in [2.24, 2.45) is 5.41 Å². The average Bonchev–Trinajstić information content (AvgIpc) is 2.99. The molecule has 3 fully saturated rings. The zero-order valence-corrected chi connectivity index (χ0v) is 19.2. The van der Waals surface area contributed by atoms with E-state index in [4.69, 9.17) is 0 Å². The number of amides is 3. The minimum atomic E-state index is -3.56. The van der Waals surface area contributed by atoms with Crippen molar-refractivity contribution in [2.45, 2.75) is 69.1 Å². The Bertz CT molecular complexity index is 975. The van der Waals surface area contributed by atoms with Gasteiger partial charge in [-0.1, -0.05) is 32.1 Å². The van der Waals surface area contributed by atoms with Crippen molar-refractivity contribution < 1.29 is 22.8 Å². The third kappa shape index (κ3) is 4.59. The highest BCUT2D eigenvalue weighted by Crippen LogP contribution is 2.45. The minimum absolute atomic E-state index is 0.196. The SMILES string of the molecule is O=C(CN1C(=O)CC2(CCCCC2)C1=O)Nc1ccc(S(=O)(=O)N2CCCCCC2)cc1. The molecule has 0 unspecified atom stereocenters. The molecule has 1 aliphatic carbocycles. The summed E-state index contributed by atoms with van der Waals surface area (Å²) in [6.07, 6.45) is 8.38. The Morgan fingerprint density at radius 2 is 1.50 bits per heavy atom. The molecule has 1 saturated carbocycles. The predicted molar refractivity (Wildman–Crippen MR) is 119 cm³/mol. The second kappa shape index (κ2) is 9.31. The standard InChI is InChI=1S/C23H31N3O5S/c27-20(17-26-21(28)16-23(22(26)29)12-4-3-5-13-23)24-18-8-10-19(11-9-18)32(30,31)25-14-6-1-2-7-15-25/h8-11H,1-7,12-17H2,(H,24,27). The lowest BCUT2D eigenvalue weighted by molar-refractivity contribution is -0.144. The van der Waals surface area contributed by atoms with Gasteiger partial charge < -0.3 is 5.32 Å². The van der Waals surface area contributed by atoms with Gasteiger partial charge in [0.1, 0.15) is 6.54 Å². The van der Waals surface area contributed by atoms with E-state index < -0.39 is 21.3 Å². The lowest BCUT2D eigenvalue weighted by atomic mass is 9.73. The van der Waals surface area contributed by atoms with E-state index in [0.717, 1.165) is 49.8 Å². The maximum absolute atomic E-state index is 12.9. The van der Waals surface area contributed by atoms with E-state index >= 15 is 0 Å². The number of rotatable bonds is 5. The number of sulfonamides is 1. The molecule has 1 aromatic rings. The van der Waals surface area contributed by atoms with Gasteiger partial charge >= 0.3 is 0 Å². The van der Waals surface area contributed by atoms with Crippen LogP contribution in [0, 0.1) is 5.41 Å². The van der Waals surface area contributed by atoms with Crippen molar-refractivity contribution in [1.29, 1.82) is 0 Å². The van der Waals surface area contributed by atoms with Gasteiger partial charge in [0.2, 0.25) is 27.7 Å². The van der Waals surface area contributed by atoms with E-state index in [9.17, 15) is 22.8 Å². The van der Waals surface area contributed by atoms with Crippen LogP contribution >= 0.6 is 0 Å². The summed E-state index contributed by atoms with van der Waals surface area (Å²) in [7, 11) is -3.56. The molecule has 4 rings (SSSR count). The smallest absolute Gasteiger partial charge is 0.244 e. The molecule has 0 bridgehead atoms. The molecule has 9 heteroatoms. The van der Waals surface area contributed by atoms with Crippen LogP contribution in [0.3, 0.4) is 0 Å². The maximum Gasteiger partial charge on any atom is 0.244 e. The summed E-state index contributed by atoms with van der Waals surface area (Å²) in [6.45, 7) is 0.744. The van der Waals surface area contributed by atoms with Gasteiger partial charge in [-0.25, -0.2) is 8.42 Å². The van der Waals surface area contributed by atoms with Crippen LogP contribution in [-0.4, -0.2) is 55.0 Å². The summed E-state index contributed by atoms with van der Waals surface area (Å²) < 4.78 is 27.3. The number of nitrogens with one attached hydrogen (secondary N) is 1. The Kier molecular flexibility index (Phi) is 6.67. The molecule has 1 aromatic carbocycles. The number of hydrogen-bond acceptors (Lipinski definition) is 5. The number of benzene rings is 1. The molecule has 2 aliphatic heterocycles. The Hall–Kier alpha value is -2.26. The van der Waals surface area contributed by atoms with Crippen molar-refractivity contribution >= 4 is 33.4 Å². The molecular formula is C23H31N3O5S. The van der Waals surface area contributed by atoms with Crippen LogP contribution in [0.5, 0.6) is 0 Å². The fourth-order valence-electron chi connectivity index (χ4n) is 5.12. The van der Waals surface area contributed by atoms with E-state index in [-0.39, 0.29) is 29.7 Å². The van der Waals surface area contributed by atoms with Gasteiger partial charge in [-0.15, -0.1) is 0 Å². The number of carbonyl (C=O) groups excluding carboxylic acids is 3. The number of nitrogens with zero attached hydrogens (tertiary/aromatic N) is 2. The first-order valence-electron chi connectivity index (χ1n) is 11.6. The number of anilines is 1. The number of imide groups is 1. The largest absolute Gasteiger partial charge is 0.325 e. The van der Waals surface area contributed by atoms with Crippen LogP contribution in [0.15, 0.2) is 29.2 Å². The van der Waals surface area contributed by atoms with Gasteiger partial charge in [0.25, 0.3) is 0 Å². The second-order valence-corrected chi connectivity index (χ2v) is 11.1. The van der Waals surface area contributed by atoms with E-state index in [0.29, 0.717) is 31.6 Å². The molecule has 3 amide bonds. The normalized spacial score (nSPS) is 22.2. The van der Waals surface area contributed by atoms with E-state index in [2.05, 4.69) is 5.32 Å². The quantitative estimate of drug-likeness (QED) is 0.679. The number of likely N-dealkylation sites (tertiary alicyclic amines) is 1. The monoisotopic (exact) mass is 461 g/mol. The average molecular weight is 462 g/mol. The molecule has 1 N–H and O–H groups in total. The van der Waals surface area contributed by atoms with Crippen molar-refractivity contribution in [3.63, 3.8) is 0 Å². The molecule has 0 atom stereocenters. The molecule has 3 aliphatic rings. The Labute approximate surface area is 189 Å².